The highest BCUT2D eigenvalue weighted by molar-refractivity contribution is 5.17. The predicted octanol–water partition coefficient (Wildman–Crippen LogP) is 4.19. The lowest BCUT2D eigenvalue weighted by atomic mass is 10.3. The average molecular weight is 248 g/mol. The number of hydrogen-bond donors (Lipinski definition) is 0. The second-order valence-electron chi connectivity index (χ2n) is 3.39. The minimum atomic E-state index is -0.129. The Kier molecular flexibility index (Phi) is 12.6. The predicted molar refractivity (Wildman–Crippen MR) is 78.4 cm³/mol. The maximum absolute atomic E-state index is 5.42. The molecule has 0 rings (SSSR count). The van der Waals surface area contributed by atoms with Crippen molar-refractivity contribution < 1.29 is 9.47 Å². The smallest absolute Gasteiger partial charge is 0.160 e. The molecule has 0 aromatic carbocycles. The summed E-state index contributed by atoms with van der Waals surface area (Å²) in [6, 6.07) is 0. The Balaban J connectivity index is 3.85. The second kappa shape index (κ2) is 13.7. The van der Waals surface area contributed by atoms with Gasteiger partial charge in [-0.3, -0.25) is 0 Å². The van der Waals surface area contributed by atoms with Crippen molar-refractivity contribution in [2.45, 2.75) is 26.6 Å². The van der Waals surface area contributed by atoms with Crippen molar-refractivity contribution in [3.8, 4) is 0 Å². The monoisotopic (exact) mass is 248 g/mol. The van der Waals surface area contributed by atoms with E-state index in [0.29, 0.717) is 13.2 Å². The minimum absolute atomic E-state index is 0.129. The van der Waals surface area contributed by atoms with Crippen LogP contribution in [-0.2, 0) is 9.47 Å². The van der Waals surface area contributed by atoms with Crippen LogP contribution in [-0.4, -0.2) is 19.5 Å². The van der Waals surface area contributed by atoms with Gasteiger partial charge in [0.25, 0.3) is 0 Å². The van der Waals surface area contributed by atoms with E-state index < -0.39 is 0 Å². The molecular formula is C16H24O2. The van der Waals surface area contributed by atoms with Gasteiger partial charge in [-0.25, -0.2) is 0 Å². The van der Waals surface area contributed by atoms with Gasteiger partial charge < -0.3 is 9.47 Å². The van der Waals surface area contributed by atoms with E-state index in [2.05, 4.69) is 6.58 Å². The van der Waals surface area contributed by atoms with Gasteiger partial charge in [0.05, 0.1) is 0 Å². The lowest BCUT2D eigenvalue weighted by Crippen LogP contribution is -2.16. The molecule has 0 saturated carbocycles. The summed E-state index contributed by atoms with van der Waals surface area (Å²) in [5.41, 5.74) is 0. The highest BCUT2D eigenvalue weighted by Gasteiger charge is 2.03. The highest BCUT2D eigenvalue weighted by Crippen LogP contribution is 2.02. The molecular weight excluding hydrogens is 224 g/mol. The largest absolute Gasteiger partial charge is 0.353 e. The van der Waals surface area contributed by atoms with Gasteiger partial charge in [0.1, 0.15) is 0 Å². The van der Waals surface area contributed by atoms with E-state index in [1.807, 2.05) is 62.5 Å². The molecule has 2 heteroatoms. The summed E-state index contributed by atoms with van der Waals surface area (Å²) in [7, 11) is 0. The zero-order chi connectivity index (χ0) is 13.5. The molecule has 0 N–H and O–H groups in total. The number of hydrogen-bond acceptors (Lipinski definition) is 2. The lowest BCUT2D eigenvalue weighted by Gasteiger charge is -2.14. The van der Waals surface area contributed by atoms with E-state index >= 15 is 0 Å². The van der Waals surface area contributed by atoms with Crippen molar-refractivity contribution >= 4 is 0 Å². The minimum Gasteiger partial charge on any atom is -0.353 e. The van der Waals surface area contributed by atoms with Gasteiger partial charge in [-0.15, -0.1) is 0 Å². The first kappa shape index (κ1) is 16.6. The van der Waals surface area contributed by atoms with E-state index in [9.17, 15) is 0 Å². The molecule has 2 nitrogen and oxygen atoms in total. The summed E-state index contributed by atoms with van der Waals surface area (Å²) in [4.78, 5) is 0. The SMILES string of the molecule is C=C/C=C/C=C/C=C/C=C/CC(OCC)OCC. The Morgan fingerprint density at radius 2 is 1.33 bits per heavy atom. The molecule has 0 amide bonds. The van der Waals surface area contributed by atoms with Crippen LogP contribution in [0.4, 0.5) is 0 Å². The highest BCUT2D eigenvalue weighted by atomic mass is 16.7. The molecule has 0 aliphatic rings. The molecule has 0 aromatic heterocycles. The van der Waals surface area contributed by atoms with E-state index in [0.717, 1.165) is 6.42 Å². The number of ether oxygens (including phenoxy) is 2. The summed E-state index contributed by atoms with van der Waals surface area (Å²) < 4.78 is 10.8. The molecule has 100 valence electrons. The second-order valence-corrected chi connectivity index (χ2v) is 3.39. The van der Waals surface area contributed by atoms with Gasteiger partial charge in [-0.1, -0.05) is 61.3 Å². The van der Waals surface area contributed by atoms with Crippen molar-refractivity contribution in [3.05, 3.63) is 61.3 Å². The molecule has 0 spiro atoms. The van der Waals surface area contributed by atoms with Crippen LogP contribution in [0.25, 0.3) is 0 Å². The van der Waals surface area contributed by atoms with Crippen LogP contribution in [0.5, 0.6) is 0 Å². The Hall–Kier alpha value is -1.38. The third-order valence-electron chi connectivity index (χ3n) is 1.97. The van der Waals surface area contributed by atoms with Crippen LogP contribution < -0.4 is 0 Å². The molecule has 0 radical (unpaired) electrons. The fraction of sp³-hybridized carbons (Fsp3) is 0.375. The van der Waals surface area contributed by atoms with E-state index in [1.54, 1.807) is 6.08 Å². The summed E-state index contributed by atoms with van der Waals surface area (Å²) in [6.45, 7) is 8.88. The van der Waals surface area contributed by atoms with Crippen LogP contribution in [0.2, 0.25) is 0 Å². The summed E-state index contributed by atoms with van der Waals surface area (Å²) >= 11 is 0. The van der Waals surface area contributed by atoms with Crippen molar-refractivity contribution in [2.75, 3.05) is 13.2 Å². The van der Waals surface area contributed by atoms with Gasteiger partial charge in [0, 0.05) is 19.6 Å². The number of allylic oxidation sites excluding steroid dienone is 8. The van der Waals surface area contributed by atoms with Crippen molar-refractivity contribution in [3.63, 3.8) is 0 Å². The molecule has 0 aliphatic heterocycles. The van der Waals surface area contributed by atoms with Crippen LogP contribution in [0.15, 0.2) is 61.3 Å². The quantitative estimate of drug-likeness (QED) is 0.426. The summed E-state index contributed by atoms with van der Waals surface area (Å²) in [5.74, 6) is 0. The maximum atomic E-state index is 5.42. The van der Waals surface area contributed by atoms with E-state index in [-0.39, 0.29) is 6.29 Å². The van der Waals surface area contributed by atoms with Crippen LogP contribution in [0.1, 0.15) is 20.3 Å². The number of rotatable bonds is 10. The molecule has 0 saturated heterocycles. The normalized spacial score (nSPS) is 12.8. The Morgan fingerprint density at radius 1 is 0.833 bits per heavy atom. The Labute approximate surface area is 111 Å². The molecule has 0 aliphatic carbocycles. The van der Waals surface area contributed by atoms with Crippen LogP contribution in [0.3, 0.4) is 0 Å². The molecule has 0 atom stereocenters. The van der Waals surface area contributed by atoms with E-state index in [1.165, 1.54) is 0 Å². The van der Waals surface area contributed by atoms with Crippen LogP contribution in [0, 0.1) is 0 Å². The first-order chi connectivity index (χ1) is 8.85. The summed E-state index contributed by atoms with van der Waals surface area (Å²) in [6.07, 6.45) is 18.1. The first-order valence-corrected chi connectivity index (χ1v) is 6.35. The van der Waals surface area contributed by atoms with Gasteiger partial charge >= 0.3 is 0 Å². The van der Waals surface area contributed by atoms with Crippen molar-refractivity contribution in [2.24, 2.45) is 0 Å². The molecule has 0 aromatic rings. The maximum Gasteiger partial charge on any atom is 0.160 e. The standard InChI is InChI=1S/C16H24O2/c1-4-7-8-9-10-11-12-13-14-15-16(17-5-2)18-6-3/h4,7-14,16H,1,5-6,15H2,2-3H3/b8-7+,10-9+,12-11+,14-13+. The van der Waals surface area contributed by atoms with Crippen LogP contribution >= 0.6 is 0 Å². The fourth-order valence-electron chi connectivity index (χ4n) is 1.22. The third kappa shape index (κ3) is 11.1. The Morgan fingerprint density at radius 3 is 1.83 bits per heavy atom. The van der Waals surface area contributed by atoms with Crippen molar-refractivity contribution in [1.29, 1.82) is 0 Å². The molecule has 0 heterocycles. The zero-order valence-corrected chi connectivity index (χ0v) is 11.4. The zero-order valence-electron chi connectivity index (χ0n) is 11.4. The van der Waals surface area contributed by atoms with Crippen molar-refractivity contribution in [1.82, 2.24) is 0 Å². The average Bonchev–Trinajstić information content (AvgIpc) is 2.37. The van der Waals surface area contributed by atoms with Gasteiger partial charge in [-0.05, 0) is 13.8 Å². The van der Waals surface area contributed by atoms with Gasteiger partial charge in [0.15, 0.2) is 6.29 Å². The molecule has 0 fully saturated rings. The Bertz CT molecular complexity index is 292. The van der Waals surface area contributed by atoms with Gasteiger partial charge in [0.2, 0.25) is 0 Å². The third-order valence-corrected chi connectivity index (χ3v) is 1.97. The van der Waals surface area contributed by atoms with Gasteiger partial charge in [-0.2, -0.15) is 0 Å². The molecule has 0 unspecified atom stereocenters. The molecule has 18 heavy (non-hydrogen) atoms. The molecule has 0 bridgehead atoms. The topological polar surface area (TPSA) is 18.5 Å². The lowest BCUT2D eigenvalue weighted by molar-refractivity contribution is -0.133. The first-order valence-electron chi connectivity index (χ1n) is 6.35. The van der Waals surface area contributed by atoms with E-state index in [4.69, 9.17) is 9.47 Å². The fourth-order valence-corrected chi connectivity index (χ4v) is 1.22. The summed E-state index contributed by atoms with van der Waals surface area (Å²) in [5, 5.41) is 0.